The number of amides is 1. The summed E-state index contributed by atoms with van der Waals surface area (Å²) in [4.78, 5) is 14.5. The Morgan fingerprint density at radius 1 is 1.08 bits per heavy atom. The van der Waals surface area contributed by atoms with Gasteiger partial charge in [0.15, 0.2) is 0 Å². The first-order chi connectivity index (χ1) is 12.3. The fraction of sp³-hybridized carbons (Fsp3) is 0.316. The predicted molar refractivity (Wildman–Crippen MR) is 104 cm³/mol. The maximum Gasteiger partial charge on any atom is 0.255 e. The summed E-state index contributed by atoms with van der Waals surface area (Å²) < 4.78 is 27.4. The molecule has 0 fully saturated rings. The summed E-state index contributed by atoms with van der Waals surface area (Å²) >= 11 is 0. The van der Waals surface area contributed by atoms with E-state index in [-0.39, 0.29) is 10.8 Å². The molecule has 0 aliphatic heterocycles. The molecule has 0 saturated heterocycles. The Kier molecular flexibility index (Phi) is 6.90. The molecule has 2 N–H and O–H groups in total. The highest BCUT2D eigenvalue weighted by Gasteiger charge is 2.16. The number of sulfonamides is 1. The second-order valence-electron chi connectivity index (χ2n) is 6.41. The molecule has 0 radical (unpaired) electrons. The number of carbonyl (C=O) groups excluding carboxylic acids is 1. The molecule has 0 aliphatic carbocycles. The highest BCUT2D eigenvalue weighted by atomic mass is 32.2. The van der Waals surface area contributed by atoms with E-state index in [1.807, 2.05) is 44.1 Å². The van der Waals surface area contributed by atoms with Crippen molar-refractivity contribution in [3.63, 3.8) is 0 Å². The van der Waals surface area contributed by atoms with E-state index in [4.69, 9.17) is 0 Å². The van der Waals surface area contributed by atoms with Gasteiger partial charge in [-0.3, -0.25) is 4.79 Å². The molecule has 0 spiro atoms. The van der Waals surface area contributed by atoms with Crippen molar-refractivity contribution in [2.24, 2.45) is 0 Å². The van der Waals surface area contributed by atoms with E-state index in [1.165, 1.54) is 12.1 Å². The van der Waals surface area contributed by atoms with Gasteiger partial charge in [0, 0.05) is 17.8 Å². The average Bonchev–Trinajstić information content (AvgIpc) is 2.59. The van der Waals surface area contributed by atoms with E-state index in [2.05, 4.69) is 10.0 Å². The monoisotopic (exact) mass is 375 g/mol. The number of nitrogens with one attached hydrogen (secondary N) is 2. The molecule has 0 saturated carbocycles. The lowest BCUT2D eigenvalue weighted by Crippen LogP contribution is -2.27. The van der Waals surface area contributed by atoms with Crippen LogP contribution < -0.4 is 10.0 Å². The number of anilines is 1. The topological polar surface area (TPSA) is 78.5 Å². The Morgan fingerprint density at radius 3 is 2.50 bits per heavy atom. The maximum atomic E-state index is 12.4. The average molecular weight is 375 g/mol. The summed E-state index contributed by atoms with van der Waals surface area (Å²) in [5.74, 6) is -0.347. The van der Waals surface area contributed by atoms with E-state index in [9.17, 15) is 13.2 Å². The third-order valence-electron chi connectivity index (χ3n) is 3.76. The SMILES string of the molecule is Cc1cccc(NC(=O)c2cccc(S(=O)(=O)NCCCN(C)C)c2)c1. The molecule has 1 amide bonds. The van der Waals surface area contributed by atoms with Crippen LogP contribution in [0.1, 0.15) is 22.3 Å². The third kappa shape index (κ3) is 5.94. The van der Waals surface area contributed by atoms with Crippen LogP contribution >= 0.6 is 0 Å². The van der Waals surface area contributed by atoms with Crippen molar-refractivity contribution in [3.8, 4) is 0 Å². The van der Waals surface area contributed by atoms with Crippen molar-refractivity contribution in [1.82, 2.24) is 9.62 Å². The van der Waals surface area contributed by atoms with Crippen LogP contribution in [0.25, 0.3) is 0 Å². The molecule has 140 valence electrons. The molecule has 6 nitrogen and oxygen atoms in total. The Labute approximate surface area is 155 Å². The number of benzene rings is 2. The van der Waals surface area contributed by atoms with Crippen LogP contribution in [0.3, 0.4) is 0 Å². The van der Waals surface area contributed by atoms with E-state index in [0.29, 0.717) is 24.2 Å². The number of hydrogen-bond acceptors (Lipinski definition) is 4. The minimum absolute atomic E-state index is 0.0826. The normalized spacial score (nSPS) is 11.5. The summed E-state index contributed by atoms with van der Waals surface area (Å²) in [6, 6.07) is 13.5. The van der Waals surface area contributed by atoms with Crippen LogP contribution in [0, 0.1) is 6.92 Å². The van der Waals surface area contributed by atoms with Crippen LogP contribution in [-0.4, -0.2) is 46.4 Å². The molecule has 7 heteroatoms. The van der Waals surface area contributed by atoms with Gasteiger partial charge in [0.25, 0.3) is 5.91 Å². The second kappa shape index (κ2) is 8.93. The fourth-order valence-electron chi connectivity index (χ4n) is 2.42. The van der Waals surface area contributed by atoms with Crippen molar-refractivity contribution in [2.45, 2.75) is 18.2 Å². The third-order valence-corrected chi connectivity index (χ3v) is 5.22. The lowest BCUT2D eigenvalue weighted by Gasteiger charge is -2.11. The molecule has 2 aromatic rings. The van der Waals surface area contributed by atoms with E-state index >= 15 is 0 Å². The number of rotatable bonds is 8. The quantitative estimate of drug-likeness (QED) is 0.695. The van der Waals surface area contributed by atoms with Crippen molar-refractivity contribution in [2.75, 3.05) is 32.5 Å². The Bertz CT molecular complexity index is 864. The molecular weight excluding hydrogens is 350 g/mol. The molecular formula is C19H25N3O3S. The van der Waals surface area contributed by atoms with Gasteiger partial charge in [0.1, 0.15) is 0 Å². The predicted octanol–water partition coefficient (Wildman–Crippen LogP) is 2.48. The minimum Gasteiger partial charge on any atom is -0.322 e. The fourth-order valence-corrected chi connectivity index (χ4v) is 3.54. The van der Waals surface area contributed by atoms with Gasteiger partial charge in [-0.2, -0.15) is 0 Å². The van der Waals surface area contributed by atoms with E-state index < -0.39 is 10.0 Å². The number of aryl methyl sites for hydroxylation is 1. The number of nitrogens with zero attached hydrogens (tertiary/aromatic N) is 1. The Hall–Kier alpha value is -2.22. The molecule has 0 aliphatic rings. The van der Waals surface area contributed by atoms with Crippen LogP contribution in [0.15, 0.2) is 53.4 Å². The molecule has 0 unspecified atom stereocenters. The summed E-state index contributed by atoms with van der Waals surface area (Å²) in [7, 11) is 0.228. The summed E-state index contributed by atoms with van der Waals surface area (Å²) in [5, 5.41) is 2.78. The van der Waals surface area contributed by atoms with Gasteiger partial charge in [0.2, 0.25) is 10.0 Å². The molecule has 26 heavy (non-hydrogen) atoms. The molecule has 0 aromatic heterocycles. The first-order valence-electron chi connectivity index (χ1n) is 8.40. The Balaban J connectivity index is 2.07. The summed E-state index contributed by atoms with van der Waals surface area (Å²) in [6.07, 6.45) is 0.708. The first-order valence-corrected chi connectivity index (χ1v) is 9.89. The molecule has 0 atom stereocenters. The molecule has 0 bridgehead atoms. The highest BCUT2D eigenvalue weighted by Crippen LogP contribution is 2.15. The standard InChI is InChI=1S/C19H25N3O3S/c1-15-7-4-9-17(13-15)21-19(23)16-8-5-10-18(14-16)26(24,25)20-11-6-12-22(2)3/h4-5,7-10,13-14,20H,6,11-12H2,1-3H3,(H,21,23). The second-order valence-corrected chi connectivity index (χ2v) is 8.17. The van der Waals surface area contributed by atoms with Crippen molar-refractivity contribution in [1.29, 1.82) is 0 Å². The van der Waals surface area contributed by atoms with Crippen LogP contribution in [0.2, 0.25) is 0 Å². The van der Waals surface area contributed by atoms with Gasteiger partial charge in [0.05, 0.1) is 4.90 Å². The number of carbonyl (C=O) groups is 1. The zero-order valence-electron chi connectivity index (χ0n) is 15.3. The van der Waals surface area contributed by atoms with Crippen LogP contribution in [0.5, 0.6) is 0 Å². The van der Waals surface area contributed by atoms with Crippen molar-refractivity contribution in [3.05, 3.63) is 59.7 Å². The van der Waals surface area contributed by atoms with Gasteiger partial charge in [-0.05, 0) is 69.9 Å². The summed E-state index contributed by atoms with van der Waals surface area (Å²) in [6.45, 7) is 3.08. The summed E-state index contributed by atoms with van der Waals surface area (Å²) in [5.41, 5.74) is 1.99. The molecule has 0 heterocycles. The first kappa shape index (κ1) is 20.1. The molecule has 2 rings (SSSR count). The smallest absolute Gasteiger partial charge is 0.255 e. The van der Waals surface area contributed by atoms with Gasteiger partial charge in [-0.15, -0.1) is 0 Å². The minimum atomic E-state index is -3.64. The zero-order valence-corrected chi connectivity index (χ0v) is 16.1. The van der Waals surface area contributed by atoms with Gasteiger partial charge in [-0.25, -0.2) is 13.1 Å². The maximum absolute atomic E-state index is 12.4. The zero-order chi connectivity index (χ0) is 19.2. The number of hydrogen-bond donors (Lipinski definition) is 2. The van der Waals surface area contributed by atoms with Crippen LogP contribution in [0.4, 0.5) is 5.69 Å². The Morgan fingerprint density at radius 2 is 1.81 bits per heavy atom. The molecule has 2 aromatic carbocycles. The lowest BCUT2D eigenvalue weighted by atomic mass is 10.2. The van der Waals surface area contributed by atoms with Crippen molar-refractivity contribution >= 4 is 21.6 Å². The van der Waals surface area contributed by atoms with Gasteiger partial charge >= 0.3 is 0 Å². The van der Waals surface area contributed by atoms with Gasteiger partial charge in [-0.1, -0.05) is 18.2 Å². The van der Waals surface area contributed by atoms with E-state index in [0.717, 1.165) is 12.1 Å². The van der Waals surface area contributed by atoms with Crippen LogP contribution in [-0.2, 0) is 10.0 Å². The van der Waals surface area contributed by atoms with Gasteiger partial charge < -0.3 is 10.2 Å². The lowest BCUT2D eigenvalue weighted by molar-refractivity contribution is 0.102. The van der Waals surface area contributed by atoms with E-state index in [1.54, 1.807) is 18.2 Å². The highest BCUT2D eigenvalue weighted by molar-refractivity contribution is 7.89. The largest absolute Gasteiger partial charge is 0.322 e. The van der Waals surface area contributed by atoms with Crippen molar-refractivity contribution < 1.29 is 13.2 Å².